The number of rotatable bonds is 2. The molecule has 0 unspecified atom stereocenters. The van der Waals surface area contributed by atoms with Crippen molar-refractivity contribution in [2.45, 2.75) is 0 Å². The van der Waals surface area contributed by atoms with Gasteiger partial charge in [-0.15, -0.1) is 0 Å². The summed E-state index contributed by atoms with van der Waals surface area (Å²) < 4.78 is 7.83. The predicted octanol–water partition coefficient (Wildman–Crippen LogP) is 5.13. The maximum atomic E-state index is 5.97. The van der Waals surface area contributed by atoms with Gasteiger partial charge in [0.2, 0.25) is 0 Å². The number of aromatic nitrogens is 1. The van der Waals surface area contributed by atoms with Crippen LogP contribution in [0, 0.1) is 0 Å². The first-order chi connectivity index (χ1) is 9.65. The van der Waals surface area contributed by atoms with Crippen LogP contribution in [0.4, 0.5) is 5.69 Å². The van der Waals surface area contributed by atoms with Gasteiger partial charge in [0, 0.05) is 16.1 Å². The zero-order chi connectivity index (χ0) is 14.1. The van der Waals surface area contributed by atoms with Crippen LogP contribution >= 0.6 is 31.9 Å². The summed E-state index contributed by atoms with van der Waals surface area (Å²) in [5.74, 6) is 1.47. The molecule has 0 aliphatic carbocycles. The number of hydrogen-bond donors (Lipinski definition) is 1. The second-order valence-electron chi connectivity index (χ2n) is 4.23. The molecule has 2 N–H and O–H groups in total. The second-order valence-corrected chi connectivity index (χ2v) is 6.00. The number of nitrogens with two attached hydrogens (primary N) is 1. The lowest BCUT2D eigenvalue weighted by Crippen LogP contribution is -1.92. The van der Waals surface area contributed by atoms with Crippen LogP contribution in [0.15, 0.2) is 57.6 Å². The molecule has 1 heterocycles. The smallest absolute Gasteiger partial charge is 0.141 e. The molecule has 2 aromatic carbocycles. The molecule has 0 atom stereocenters. The normalized spacial score (nSPS) is 10.7. The van der Waals surface area contributed by atoms with Crippen LogP contribution in [0.1, 0.15) is 0 Å². The van der Waals surface area contributed by atoms with Crippen LogP contribution in [-0.2, 0) is 0 Å². The summed E-state index contributed by atoms with van der Waals surface area (Å²) in [6.45, 7) is 0. The highest BCUT2D eigenvalue weighted by Crippen LogP contribution is 2.36. The highest BCUT2D eigenvalue weighted by Gasteiger charge is 2.09. The minimum Gasteiger partial charge on any atom is -0.455 e. The molecule has 0 fully saturated rings. The lowest BCUT2D eigenvalue weighted by atomic mass is 10.1. The quantitative estimate of drug-likeness (QED) is 0.613. The Kier molecular flexibility index (Phi) is 3.63. The number of fused-ring (bicyclic) bond motifs is 1. The fraction of sp³-hybridized carbons (Fsp3) is 0. The molecule has 3 nitrogen and oxygen atoms in total. The molecule has 0 spiro atoms. The molecule has 5 heteroatoms. The van der Waals surface area contributed by atoms with Crippen molar-refractivity contribution >= 4 is 48.5 Å². The third-order valence-corrected chi connectivity index (χ3v) is 3.99. The van der Waals surface area contributed by atoms with Crippen LogP contribution < -0.4 is 10.5 Å². The zero-order valence-corrected chi connectivity index (χ0v) is 13.5. The Labute approximate surface area is 133 Å². The van der Waals surface area contributed by atoms with Gasteiger partial charge in [0.05, 0.1) is 15.7 Å². The van der Waals surface area contributed by atoms with Crippen LogP contribution in [0.5, 0.6) is 11.5 Å². The van der Waals surface area contributed by atoms with Gasteiger partial charge in [-0.05, 0) is 58.4 Å². The van der Waals surface area contributed by atoms with Gasteiger partial charge in [-0.3, -0.25) is 4.98 Å². The van der Waals surface area contributed by atoms with Crippen molar-refractivity contribution in [2.75, 3.05) is 5.73 Å². The minimum atomic E-state index is 0.642. The number of nitrogen functional groups attached to an aromatic ring is 1. The van der Waals surface area contributed by atoms with Crippen molar-refractivity contribution in [2.24, 2.45) is 0 Å². The van der Waals surface area contributed by atoms with E-state index in [-0.39, 0.29) is 0 Å². The second kappa shape index (κ2) is 5.42. The number of nitrogens with zero attached hydrogens (tertiary/aromatic N) is 1. The van der Waals surface area contributed by atoms with E-state index in [2.05, 4.69) is 36.8 Å². The molecule has 20 heavy (non-hydrogen) atoms. The van der Waals surface area contributed by atoms with E-state index < -0.39 is 0 Å². The average molecular weight is 394 g/mol. The Morgan fingerprint density at radius 1 is 1.00 bits per heavy atom. The number of ether oxygens (including phenoxy) is 1. The molecular weight excluding hydrogens is 384 g/mol. The molecule has 100 valence electrons. The van der Waals surface area contributed by atoms with Gasteiger partial charge in [-0.2, -0.15) is 0 Å². The van der Waals surface area contributed by atoms with Gasteiger partial charge >= 0.3 is 0 Å². The molecule has 0 amide bonds. The SMILES string of the molecule is Nc1ccc(Oc2ccc(Br)cc2Br)c2cccnc12. The molecule has 3 aromatic rings. The van der Waals surface area contributed by atoms with Gasteiger partial charge in [-0.25, -0.2) is 0 Å². The van der Waals surface area contributed by atoms with E-state index in [0.717, 1.165) is 31.3 Å². The molecular formula is C15H10Br2N2O. The summed E-state index contributed by atoms with van der Waals surface area (Å²) in [6, 6.07) is 13.2. The van der Waals surface area contributed by atoms with Crippen molar-refractivity contribution < 1.29 is 4.74 Å². The van der Waals surface area contributed by atoms with Crippen molar-refractivity contribution in [3.05, 3.63) is 57.6 Å². The molecule has 0 aliphatic rings. The Morgan fingerprint density at radius 3 is 2.60 bits per heavy atom. The van der Waals surface area contributed by atoms with Crippen molar-refractivity contribution in [3.63, 3.8) is 0 Å². The maximum Gasteiger partial charge on any atom is 0.141 e. The summed E-state index contributed by atoms with van der Waals surface area (Å²) in [7, 11) is 0. The molecule has 3 rings (SSSR count). The van der Waals surface area contributed by atoms with E-state index in [1.165, 1.54) is 0 Å². The van der Waals surface area contributed by atoms with Crippen molar-refractivity contribution in [3.8, 4) is 11.5 Å². The van der Waals surface area contributed by atoms with Crippen LogP contribution in [-0.4, -0.2) is 4.98 Å². The standard InChI is InChI=1S/C15H10Br2N2O/c16-9-3-5-14(11(17)8-9)20-13-6-4-12(18)15-10(13)2-1-7-19-15/h1-8H,18H2. The predicted molar refractivity (Wildman–Crippen MR) is 88.1 cm³/mol. The van der Waals surface area contributed by atoms with E-state index in [9.17, 15) is 0 Å². The van der Waals surface area contributed by atoms with Crippen LogP contribution in [0.2, 0.25) is 0 Å². The van der Waals surface area contributed by atoms with Crippen molar-refractivity contribution in [1.82, 2.24) is 4.98 Å². The van der Waals surface area contributed by atoms with E-state index in [1.807, 2.05) is 36.4 Å². The first-order valence-corrected chi connectivity index (χ1v) is 7.50. The Bertz CT molecular complexity index is 790. The monoisotopic (exact) mass is 392 g/mol. The third kappa shape index (κ3) is 2.51. The van der Waals surface area contributed by atoms with E-state index in [4.69, 9.17) is 10.5 Å². The molecule has 0 radical (unpaired) electrons. The highest BCUT2D eigenvalue weighted by atomic mass is 79.9. The first-order valence-electron chi connectivity index (χ1n) is 5.91. The Balaban J connectivity index is 2.09. The van der Waals surface area contributed by atoms with Gasteiger partial charge in [0.1, 0.15) is 11.5 Å². The topological polar surface area (TPSA) is 48.1 Å². The number of anilines is 1. The summed E-state index contributed by atoms with van der Waals surface area (Å²) in [5.41, 5.74) is 7.32. The first kappa shape index (κ1) is 13.4. The Morgan fingerprint density at radius 2 is 1.80 bits per heavy atom. The van der Waals surface area contributed by atoms with Crippen molar-refractivity contribution in [1.29, 1.82) is 0 Å². The molecule has 0 saturated carbocycles. The maximum absolute atomic E-state index is 5.97. The third-order valence-electron chi connectivity index (χ3n) is 2.87. The van der Waals surface area contributed by atoms with E-state index in [0.29, 0.717) is 5.69 Å². The van der Waals surface area contributed by atoms with E-state index in [1.54, 1.807) is 12.3 Å². The summed E-state index contributed by atoms with van der Waals surface area (Å²) in [5, 5.41) is 0.891. The van der Waals surface area contributed by atoms with Crippen LogP contribution in [0.3, 0.4) is 0 Å². The molecule has 0 aliphatic heterocycles. The van der Waals surface area contributed by atoms with Gasteiger partial charge < -0.3 is 10.5 Å². The fourth-order valence-corrected chi connectivity index (χ4v) is 3.06. The van der Waals surface area contributed by atoms with Gasteiger partial charge in [0.15, 0.2) is 0 Å². The van der Waals surface area contributed by atoms with Crippen LogP contribution in [0.25, 0.3) is 10.9 Å². The number of benzene rings is 2. The summed E-state index contributed by atoms with van der Waals surface area (Å²) in [6.07, 6.45) is 1.72. The average Bonchev–Trinajstić information content (AvgIpc) is 2.45. The molecule has 0 bridgehead atoms. The lowest BCUT2D eigenvalue weighted by Gasteiger charge is -2.11. The summed E-state index contributed by atoms with van der Waals surface area (Å²) in [4.78, 5) is 4.30. The van der Waals surface area contributed by atoms with E-state index >= 15 is 0 Å². The largest absolute Gasteiger partial charge is 0.455 e. The number of pyridine rings is 1. The minimum absolute atomic E-state index is 0.642. The molecule has 0 saturated heterocycles. The zero-order valence-electron chi connectivity index (χ0n) is 10.3. The number of hydrogen-bond acceptors (Lipinski definition) is 3. The molecule has 1 aromatic heterocycles. The number of halogens is 2. The Hall–Kier alpha value is -1.59. The summed E-state index contributed by atoms with van der Waals surface area (Å²) >= 11 is 6.91. The lowest BCUT2D eigenvalue weighted by molar-refractivity contribution is 0.485. The van der Waals surface area contributed by atoms with Gasteiger partial charge in [0.25, 0.3) is 0 Å². The fourth-order valence-electron chi connectivity index (χ4n) is 1.93. The van der Waals surface area contributed by atoms with Gasteiger partial charge in [-0.1, -0.05) is 15.9 Å². The highest BCUT2D eigenvalue weighted by molar-refractivity contribution is 9.11.